The number of benzene rings is 1. The van der Waals surface area contributed by atoms with E-state index in [-0.39, 0.29) is 5.60 Å². The average Bonchev–Trinajstić information content (AvgIpc) is 3.04. The van der Waals surface area contributed by atoms with E-state index in [1.54, 1.807) is 11.3 Å². The number of aromatic nitrogens is 1. The quantitative estimate of drug-likeness (QED) is 0.927. The summed E-state index contributed by atoms with van der Waals surface area (Å²) in [5, 5.41) is 11.9. The van der Waals surface area contributed by atoms with Gasteiger partial charge in [-0.05, 0) is 19.3 Å². The zero-order valence-corrected chi connectivity index (χ0v) is 14.3. The normalized spacial score (nSPS) is 28.5. The van der Waals surface area contributed by atoms with E-state index in [0.29, 0.717) is 5.92 Å². The summed E-state index contributed by atoms with van der Waals surface area (Å²) >= 11 is 1.79. The van der Waals surface area contributed by atoms with Crippen molar-refractivity contribution in [2.75, 3.05) is 13.1 Å². The molecule has 1 N–H and O–H groups in total. The molecule has 1 aliphatic heterocycles. The summed E-state index contributed by atoms with van der Waals surface area (Å²) in [7, 11) is 0. The molecule has 2 atom stereocenters. The van der Waals surface area contributed by atoms with Gasteiger partial charge in [0, 0.05) is 42.2 Å². The summed E-state index contributed by atoms with van der Waals surface area (Å²) in [6.07, 6.45) is 7.62. The third-order valence-corrected chi connectivity index (χ3v) is 6.50. The minimum Gasteiger partial charge on any atom is -0.390 e. The van der Waals surface area contributed by atoms with E-state index in [0.717, 1.165) is 37.5 Å². The Hall–Kier alpha value is -1.23. The molecule has 2 fully saturated rings. The van der Waals surface area contributed by atoms with Gasteiger partial charge in [-0.1, -0.05) is 43.2 Å². The fourth-order valence-electron chi connectivity index (χ4n) is 4.10. The van der Waals surface area contributed by atoms with Gasteiger partial charge in [0.05, 0.1) is 5.60 Å². The van der Waals surface area contributed by atoms with Gasteiger partial charge in [-0.2, -0.15) is 0 Å². The highest BCUT2D eigenvalue weighted by Gasteiger charge is 2.42. The maximum absolute atomic E-state index is 10.8. The molecule has 23 heavy (non-hydrogen) atoms. The highest BCUT2D eigenvalue weighted by Crippen LogP contribution is 2.40. The minimum absolute atomic E-state index is 0.377. The lowest BCUT2D eigenvalue weighted by Gasteiger charge is -2.47. The number of likely N-dealkylation sites (tertiary alicyclic amines) is 1. The first kappa shape index (κ1) is 15.3. The average molecular weight is 328 g/mol. The predicted octanol–water partition coefficient (Wildman–Crippen LogP) is 3.94. The molecule has 1 aromatic carbocycles. The molecule has 1 aliphatic carbocycles. The summed E-state index contributed by atoms with van der Waals surface area (Å²) in [6, 6.07) is 10.4. The van der Waals surface area contributed by atoms with Gasteiger partial charge in [0.2, 0.25) is 0 Å². The Kier molecular flexibility index (Phi) is 4.22. The van der Waals surface area contributed by atoms with E-state index < -0.39 is 0 Å². The zero-order chi connectivity index (χ0) is 15.7. The Bertz CT molecular complexity index is 656. The van der Waals surface area contributed by atoms with E-state index in [9.17, 15) is 5.11 Å². The van der Waals surface area contributed by atoms with Crippen molar-refractivity contribution in [3.05, 3.63) is 41.4 Å². The molecular formula is C19H24N2OS. The second-order valence-corrected chi connectivity index (χ2v) is 8.14. The van der Waals surface area contributed by atoms with Crippen molar-refractivity contribution in [1.29, 1.82) is 0 Å². The molecule has 0 amide bonds. The highest BCUT2D eigenvalue weighted by molar-refractivity contribution is 7.15. The van der Waals surface area contributed by atoms with E-state index >= 15 is 0 Å². The number of fused-ring (bicyclic) bond motifs is 1. The SMILES string of the molecule is OC12CCCCC1CN(Cc1cnc(-c3ccccc3)s1)CC2. The number of hydrogen-bond donors (Lipinski definition) is 1. The first-order valence-corrected chi connectivity index (χ1v) is 9.49. The third kappa shape index (κ3) is 3.21. The highest BCUT2D eigenvalue weighted by atomic mass is 32.1. The van der Waals surface area contributed by atoms with Crippen molar-refractivity contribution in [3.63, 3.8) is 0 Å². The second kappa shape index (κ2) is 6.34. The maximum atomic E-state index is 10.8. The van der Waals surface area contributed by atoms with E-state index in [1.807, 2.05) is 12.3 Å². The molecular weight excluding hydrogens is 304 g/mol. The molecule has 122 valence electrons. The number of thiazole rings is 1. The number of nitrogens with zero attached hydrogens (tertiary/aromatic N) is 2. The van der Waals surface area contributed by atoms with Crippen molar-refractivity contribution in [3.8, 4) is 10.6 Å². The summed E-state index contributed by atoms with van der Waals surface area (Å²) in [4.78, 5) is 8.42. The molecule has 0 radical (unpaired) electrons. The molecule has 3 nitrogen and oxygen atoms in total. The summed E-state index contributed by atoms with van der Waals surface area (Å²) in [5.41, 5.74) is 0.821. The van der Waals surface area contributed by atoms with Gasteiger partial charge in [0.25, 0.3) is 0 Å². The fourth-order valence-corrected chi connectivity index (χ4v) is 5.06. The lowest BCUT2D eigenvalue weighted by molar-refractivity contribution is -0.0966. The number of hydrogen-bond acceptors (Lipinski definition) is 4. The van der Waals surface area contributed by atoms with Gasteiger partial charge >= 0.3 is 0 Å². The first-order chi connectivity index (χ1) is 11.2. The van der Waals surface area contributed by atoms with Gasteiger partial charge in [0.1, 0.15) is 5.01 Å². The Morgan fingerprint density at radius 1 is 1.22 bits per heavy atom. The van der Waals surface area contributed by atoms with Gasteiger partial charge in [-0.3, -0.25) is 4.90 Å². The smallest absolute Gasteiger partial charge is 0.123 e. The van der Waals surface area contributed by atoms with E-state index in [4.69, 9.17) is 0 Å². The van der Waals surface area contributed by atoms with Crippen molar-refractivity contribution in [1.82, 2.24) is 9.88 Å². The van der Waals surface area contributed by atoms with Crippen LogP contribution in [0.1, 0.15) is 37.0 Å². The third-order valence-electron chi connectivity index (χ3n) is 5.47. The molecule has 2 aliphatic rings. The Morgan fingerprint density at radius 2 is 2.09 bits per heavy atom. The summed E-state index contributed by atoms with van der Waals surface area (Å²) in [5.74, 6) is 0.464. The molecule has 4 rings (SSSR count). The van der Waals surface area contributed by atoms with Gasteiger partial charge in [0.15, 0.2) is 0 Å². The summed E-state index contributed by atoms with van der Waals surface area (Å²) in [6.45, 7) is 3.01. The zero-order valence-electron chi connectivity index (χ0n) is 13.4. The van der Waals surface area contributed by atoms with Crippen molar-refractivity contribution in [2.45, 2.75) is 44.2 Å². The van der Waals surface area contributed by atoms with Crippen LogP contribution in [0, 0.1) is 5.92 Å². The Balaban J connectivity index is 1.42. The van der Waals surface area contributed by atoms with Crippen molar-refractivity contribution in [2.24, 2.45) is 5.92 Å². The van der Waals surface area contributed by atoms with Crippen LogP contribution in [0.25, 0.3) is 10.6 Å². The van der Waals surface area contributed by atoms with Crippen LogP contribution in [-0.4, -0.2) is 33.7 Å². The maximum Gasteiger partial charge on any atom is 0.123 e. The van der Waals surface area contributed by atoms with Crippen LogP contribution < -0.4 is 0 Å². The molecule has 1 saturated carbocycles. The molecule has 2 aromatic rings. The van der Waals surface area contributed by atoms with Crippen LogP contribution in [0.3, 0.4) is 0 Å². The lowest BCUT2D eigenvalue weighted by Crippen LogP contribution is -2.52. The van der Waals surface area contributed by atoms with Crippen molar-refractivity contribution >= 4 is 11.3 Å². The number of rotatable bonds is 3. The number of aliphatic hydroxyl groups is 1. The molecule has 2 unspecified atom stereocenters. The standard InChI is InChI=1S/C19H24N2OS/c22-19-9-5-4-8-16(19)13-21(11-10-19)14-17-12-20-18(23-17)15-6-2-1-3-7-15/h1-3,6-7,12,16,22H,4-5,8-11,13-14H2. The Labute approximate surface area is 142 Å². The van der Waals surface area contributed by atoms with Gasteiger partial charge in [-0.15, -0.1) is 11.3 Å². The van der Waals surface area contributed by atoms with Gasteiger partial charge in [-0.25, -0.2) is 4.98 Å². The molecule has 0 bridgehead atoms. The van der Waals surface area contributed by atoms with Gasteiger partial charge < -0.3 is 5.11 Å². The van der Waals surface area contributed by atoms with E-state index in [2.05, 4.69) is 34.1 Å². The molecule has 2 heterocycles. The van der Waals surface area contributed by atoms with E-state index in [1.165, 1.54) is 29.7 Å². The summed E-state index contributed by atoms with van der Waals surface area (Å²) < 4.78 is 0. The first-order valence-electron chi connectivity index (χ1n) is 8.68. The predicted molar refractivity (Wildman–Crippen MR) is 94.4 cm³/mol. The lowest BCUT2D eigenvalue weighted by atomic mass is 9.71. The molecule has 1 saturated heterocycles. The topological polar surface area (TPSA) is 36.4 Å². The van der Waals surface area contributed by atoms with Crippen LogP contribution in [0.4, 0.5) is 0 Å². The molecule has 0 spiro atoms. The number of piperidine rings is 1. The largest absolute Gasteiger partial charge is 0.390 e. The monoisotopic (exact) mass is 328 g/mol. The van der Waals surface area contributed by atoms with Crippen LogP contribution in [0.2, 0.25) is 0 Å². The molecule has 1 aromatic heterocycles. The second-order valence-electron chi connectivity index (χ2n) is 7.03. The van der Waals surface area contributed by atoms with Crippen LogP contribution in [-0.2, 0) is 6.54 Å². The molecule has 4 heteroatoms. The van der Waals surface area contributed by atoms with Crippen LogP contribution in [0.15, 0.2) is 36.5 Å². The van der Waals surface area contributed by atoms with Crippen LogP contribution in [0.5, 0.6) is 0 Å². The fraction of sp³-hybridized carbons (Fsp3) is 0.526. The van der Waals surface area contributed by atoms with Crippen molar-refractivity contribution < 1.29 is 5.11 Å². The van der Waals surface area contributed by atoms with Crippen LogP contribution >= 0.6 is 11.3 Å². The minimum atomic E-state index is -0.377. The Morgan fingerprint density at radius 3 is 2.96 bits per heavy atom.